The van der Waals surface area contributed by atoms with Crippen LogP contribution in [0.25, 0.3) is 0 Å². The van der Waals surface area contributed by atoms with Gasteiger partial charge in [0.15, 0.2) is 0 Å². The first-order valence-electron chi connectivity index (χ1n) is 7.28. The largest absolute Gasteiger partial charge is 0.495 e. The fraction of sp³-hybridized carbons (Fsp3) is 0.562. The summed E-state index contributed by atoms with van der Waals surface area (Å²) in [6.07, 6.45) is 0. The van der Waals surface area contributed by atoms with E-state index in [9.17, 15) is 4.79 Å². The highest BCUT2D eigenvalue weighted by Gasteiger charge is 2.52. The molecule has 5 heteroatoms. The van der Waals surface area contributed by atoms with Gasteiger partial charge in [-0.1, -0.05) is 11.1 Å². The van der Waals surface area contributed by atoms with Crippen molar-refractivity contribution < 1.29 is 14.1 Å². The molecule has 0 atom stereocenters. The fourth-order valence-electron chi connectivity index (χ4n) is 2.58. The number of hydrogen-bond donors (Lipinski definition) is 1. The Hall–Kier alpha value is -1.33. The monoisotopic (exact) mass is 289 g/mol. The first kappa shape index (κ1) is 16.1. The molecule has 1 amide bonds. The van der Waals surface area contributed by atoms with Crippen LogP contribution in [0, 0.1) is 13.8 Å². The Morgan fingerprint density at radius 2 is 1.48 bits per heavy atom. The highest BCUT2D eigenvalue weighted by molar-refractivity contribution is 6.63. The van der Waals surface area contributed by atoms with Crippen molar-refractivity contribution in [2.45, 2.75) is 52.7 Å². The number of hydrogen-bond acceptors (Lipinski definition) is 3. The quantitative estimate of drug-likeness (QED) is 0.847. The summed E-state index contributed by atoms with van der Waals surface area (Å²) in [7, 11) is 1.24. The van der Waals surface area contributed by atoms with Crippen LogP contribution in [0.2, 0.25) is 0 Å². The van der Waals surface area contributed by atoms with E-state index in [0.717, 1.165) is 16.6 Å². The van der Waals surface area contributed by atoms with Crippen molar-refractivity contribution in [3.8, 4) is 0 Å². The Morgan fingerprint density at radius 1 is 1.05 bits per heavy atom. The second-order valence-corrected chi connectivity index (χ2v) is 6.69. The number of benzene rings is 1. The molecule has 4 nitrogen and oxygen atoms in total. The first-order chi connectivity index (χ1) is 9.59. The van der Waals surface area contributed by atoms with Gasteiger partial charge in [0.1, 0.15) is 0 Å². The topological polar surface area (TPSA) is 47.6 Å². The fourth-order valence-corrected chi connectivity index (χ4v) is 2.58. The summed E-state index contributed by atoms with van der Waals surface area (Å²) in [5.74, 6) is -0.0818. The number of amides is 1. The number of aryl methyl sites for hydroxylation is 2. The normalized spacial score (nSPS) is 19.7. The summed E-state index contributed by atoms with van der Waals surface area (Å²) < 4.78 is 12.2. The van der Waals surface area contributed by atoms with Crippen LogP contribution in [0.3, 0.4) is 0 Å². The summed E-state index contributed by atoms with van der Waals surface area (Å²) in [5, 5.41) is 2.65. The summed E-state index contributed by atoms with van der Waals surface area (Å²) >= 11 is 0. The second kappa shape index (κ2) is 5.14. The van der Waals surface area contributed by atoms with Gasteiger partial charge < -0.3 is 14.6 Å². The predicted octanol–water partition coefficient (Wildman–Crippen LogP) is 1.96. The lowest BCUT2D eigenvalue weighted by Crippen LogP contribution is -2.41. The Bertz CT molecular complexity index is 542. The Balaban J connectivity index is 2.41. The maximum absolute atomic E-state index is 11.8. The lowest BCUT2D eigenvalue weighted by Gasteiger charge is -2.32. The van der Waals surface area contributed by atoms with Crippen LogP contribution in [0.4, 0.5) is 0 Å². The molecular formula is C16H24BNO3. The molecule has 1 heterocycles. The van der Waals surface area contributed by atoms with Gasteiger partial charge >= 0.3 is 7.12 Å². The molecule has 0 radical (unpaired) electrons. The molecule has 0 aromatic heterocycles. The van der Waals surface area contributed by atoms with Gasteiger partial charge in [-0.2, -0.15) is 0 Å². The van der Waals surface area contributed by atoms with Gasteiger partial charge in [0.05, 0.1) is 11.2 Å². The van der Waals surface area contributed by atoms with Gasteiger partial charge in [0.2, 0.25) is 0 Å². The van der Waals surface area contributed by atoms with Gasteiger partial charge in [0.25, 0.3) is 5.91 Å². The van der Waals surface area contributed by atoms with Gasteiger partial charge in [-0.05, 0) is 59.1 Å². The van der Waals surface area contributed by atoms with E-state index in [4.69, 9.17) is 9.31 Å². The average Bonchev–Trinajstić information content (AvgIpc) is 2.56. The van der Waals surface area contributed by atoms with Crippen LogP contribution < -0.4 is 10.8 Å². The van der Waals surface area contributed by atoms with Crippen LogP contribution in [0.5, 0.6) is 0 Å². The molecule has 1 saturated heterocycles. The average molecular weight is 289 g/mol. The molecule has 1 aliphatic rings. The van der Waals surface area contributed by atoms with Crippen LogP contribution in [-0.2, 0) is 9.31 Å². The molecule has 1 fully saturated rings. The third-order valence-corrected chi connectivity index (χ3v) is 4.57. The Kier molecular flexibility index (Phi) is 3.93. The Morgan fingerprint density at radius 3 is 1.86 bits per heavy atom. The van der Waals surface area contributed by atoms with Crippen molar-refractivity contribution in [2.75, 3.05) is 7.05 Å². The number of nitrogens with one attached hydrogen (secondary N) is 1. The van der Waals surface area contributed by atoms with Crippen molar-refractivity contribution in [3.63, 3.8) is 0 Å². The highest BCUT2D eigenvalue weighted by Crippen LogP contribution is 2.37. The van der Waals surface area contributed by atoms with Gasteiger partial charge in [-0.3, -0.25) is 4.79 Å². The highest BCUT2D eigenvalue weighted by atomic mass is 16.7. The Labute approximate surface area is 127 Å². The van der Waals surface area contributed by atoms with Crippen LogP contribution in [-0.4, -0.2) is 31.3 Å². The maximum Gasteiger partial charge on any atom is 0.495 e. The third-order valence-electron chi connectivity index (χ3n) is 4.57. The molecule has 0 aliphatic carbocycles. The second-order valence-electron chi connectivity index (χ2n) is 6.69. The molecule has 0 bridgehead atoms. The molecule has 1 aromatic carbocycles. The molecule has 21 heavy (non-hydrogen) atoms. The standard InChI is InChI=1S/C16H24BNO3/c1-10-8-12(14(19)18-7)9-11(2)13(10)17-20-15(3,4)16(5,6)21-17/h8-9H,1-7H3,(H,18,19). The van der Waals surface area contributed by atoms with Gasteiger partial charge in [-0.15, -0.1) is 0 Å². The van der Waals surface area contributed by atoms with E-state index >= 15 is 0 Å². The van der Waals surface area contributed by atoms with E-state index in [1.165, 1.54) is 0 Å². The summed E-state index contributed by atoms with van der Waals surface area (Å²) in [6, 6.07) is 3.76. The van der Waals surface area contributed by atoms with Crippen LogP contribution >= 0.6 is 0 Å². The maximum atomic E-state index is 11.8. The molecule has 2 rings (SSSR count). The molecule has 1 N–H and O–H groups in total. The predicted molar refractivity (Wildman–Crippen MR) is 85.0 cm³/mol. The third kappa shape index (κ3) is 2.72. The minimum atomic E-state index is -0.395. The number of carbonyl (C=O) groups excluding carboxylic acids is 1. The SMILES string of the molecule is CNC(=O)c1cc(C)c(B2OC(C)(C)C(C)(C)O2)c(C)c1. The molecular weight excluding hydrogens is 265 g/mol. The van der Waals surface area contributed by atoms with E-state index in [1.54, 1.807) is 7.05 Å². The van der Waals surface area contributed by atoms with E-state index in [1.807, 2.05) is 53.7 Å². The van der Waals surface area contributed by atoms with Crippen LogP contribution in [0.1, 0.15) is 49.2 Å². The summed E-state index contributed by atoms with van der Waals surface area (Å²) in [5.41, 5.74) is 2.96. The first-order valence-corrected chi connectivity index (χ1v) is 7.28. The molecule has 0 saturated carbocycles. The van der Waals surface area contributed by atoms with Gasteiger partial charge in [0, 0.05) is 12.6 Å². The van der Waals surface area contributed by atoms with Crippen molar-refractivity contribution in [1.29, 1.82) is 0 Å². The minimum absolute atomic E-state index is 0.0818. The summed E-state index contributed by atoms with van der Waals surface area (Å²) in [6.45, 7) is 12.1. The van der Waals surface area contributed by atoms with Crippen molar-refractivity contribution >= 4 is 18.5 Å². The van der Waals surface area contributed by atoms with E-state index in [0.29, 0.717) is 5.56 Å². The van der Waals surface area contributed by atoms with Crippen LogP contribution in [0.15, 0.2) is 12.1 Å². The lowest BCUT2D eigenvalue weighted by atomic mass is 9.73. The van der Waals surface area contributed by atoms with E-state index < -0.39 is 7.12 Å². The zero-order chi connectivity index (χ0) is 16.0. The number of carbonyl (C=O) groups is 1. The molecule has 1 aliphatic heterocycles. The molecule has 1 aromatic rings. The van der Waals surface area contributed by atoms with E-state index in [-0.39, 0.29) is 17.1 Å². The zero-order valence-electron chi connectivity index (χ0n) is 14.0. The lowest BCUT2D eigenvalue weighted by molar-refractivity contribution is 0.00578. The van der Waals surface area contributed by atoms with Crippen molar-refractivity contribution in [3.05, 3.63) is 28.8 Å². The van der Waals surface area contributed by atoms with Crippen molar-refractivity contribution in [2.24, 2.45) is 0 Å². The molecule has 114 valence electrons. The van der Waals surface area contributed by atoms with Gasteiger partial charge in [-0.25, -0.2) is 0 Å². The molecule has 0 unspecified atom stereocenters. The zero-order valence-corrected chi connectivity index (χ0v) is 14.0. The minimum Gasteiger partial charge on any atom is -0.399 e. The van der Waals surface area contributed by atoms with Crippen molar-refractivity contribution in [1.82, 2.24) is 5.32 Å². The number of rotatable bonds is 2. The molecule has 0 spiro atoms. The van der Waals surface area contributed by atoms with E-state index in [2.05, 4.69) is 5.32 Å². The smallest absolute Gasteiger partial charge is 0.399 e. The summed E-state index contributed by atoms with van der Waals surface area (Å²) in [4.78, 5) is 11.8.